The Labute approximate surface area is 114 Å². The minimum absolute atomic E-state index is 0.374. The van der Waals surface area contributed by atoms with Crippen molar-refractivity contribution in [1.82, 2.24) is 19.7 Å². The fourth-order valence-corrected chi connectivity index (χ4v) is 2.14. The van der Waals surface area contributed by atoms with E-state index >= 15 is 0 Å². The van der Waals surface area contributed by atoms with Gasteiger partial charge in [-0.2, -0.15) is 10.2 Å². The van der Waals surface area contributed by atoms with Crippen molar-refractivity contribution in [3.8, 4) is 6.07 Å². The number of nitrogens with two attached hydrogens (primary N) is 1. The molecule has 0 aliphatic heterocycles. The lowest BCUT2D eigenvalue weighted by Gasteiger charge is -2.03. The van der Waals surface area contributed by atoms with E-state index in [0.717, 1.165) is 5.52 Å². The molecule has 7 heteroatoms. The largest absolute Gasteiger partial charge is 0.369 e. The smallest absolute Gasteiger partial charge is 0.228 e. The summed E-state index contributed by atoms with van der Waals surface area (Å²) >= 11 is 0. The Hall–Kier alpha value is -2.88. The summed E-state index contributed by atoms with van der Waals surface area (Å²) in [5.74, 6) is 1.54. The molecule has 20 heavy (non-hydrogen) atoms. The van der Waals surface area contributed by atoms with Crippen molar-refractivity contribution >= 4 is 17.0 Å². The van der Waals surface area contributed by atoms with Crippen molar-refractivity contribution in [3.05, 3.63) is 35.5 Å². The lowest BCUT2D eigenvalue weighted by atomic mass is 10.2. The van der Waals surface area contributed by atoms with Crippen LogP contribution in [0.3, 0.4) is 0 Å². The Morgan fingerprint density at radius 2 is 2.25 bits per heavy atom. The molecular weight excluding hydrogens is 256 g/mol. The standard InChI is InChI=1S/C13H12N6O/c1-8-16-11(20-18-8)5-6-19-10-4-2-3-9(7-14)12(10)17-13(19)15/h2-4H,5-6H2,1H3,(H2,15,17). The maximum absolute atomic E-state index is 9.07. The molecule has 2 N–H and O–H groups in total. The van der Waals surface area contributed by atoms with Gasteiger partial charge in [-0.05, 0) is 19.1 Å². The van der Waals surface area contributed by atoms with Crippen LogP contribution in [0.4, 0.5) is 5.95 Å². The molecule has 0 saturated heterocycles. The van der Waals surface area contributed by atoms with Gasteiger partial charge in [0.1, 0.15) is 11.6 Å². The maximum atomic E-state index is 9.07. The van der Waals surface area contributed by atoms with E-state index in [0.29, 0.717) is 41.7 Å². The van der Waals surface area contributed by atoms with Gasteiger partial charge >= 0.3 is 0 Å². The van der Waals surface area contributed by atoms with E-state index in [-0.39, 0.29) is 0 Å². The molecule has 3 aromatic rings. The maximum Gasteiger partial charge on any atom is 0.228 e. The van der Waals surface area contributed by atoms with Gasteiger partial charge in [0.05, 0.1) is 11.1 Å². The first-order valence-electron chi connectivity index (χ1n) is 6.13. The minimum atomic E-state index is 0.374. The van der Waals surface area contributed by atoms with Crippen molar-refractivity contribution in [1.29, 1.82) is 5.26 Å². The summed E-state index contributed by atoms with van der Waals surface area (Å²) in [7, 11) is 0. The number of anilines is 1. The molecule has 1 aromatic carbocycles. The third-order valence-electron chi connectivity index (χ3n) is 3.05. The van der Waals surface area contributed by atoms with E-state index in [1.165, 1.54) is 0 Å². The fraction of sp³-hybridized carbons (Fsp3) is 0.231. The van der Waals surface area contributed by atoms with E-state index in [1.54, 1.807) is 13.0 Å². The third kappa shape index (κ3) is 1.97. The predicted molar refractivity (Wildman–Crippen MR) is 71.6 cm³/mol. The summed E-state index contributed by atoms with van der Waals surface area (Å²) in [5, 5.41) is 12.8. The average molecular weight is 268 g/mol. The number of nitriles is 1. The van der Waals surface area contributed by atoms with Gasteiger partial charge in [0, 0.05) is 13.0 Å². The molecule has 0 amide bonds. The van der Waals surface area contributed by atoms with Gasteiger partial charge in [0.25, 0.3) is 0 Å². The summed E-state index contributed by atoms with van der Waals surface area (Å²) in [6.07, 6.45) is 0.563. The van der Waals surface area contributed by atoms with E-state index < -0.39 is 0 Å². The second-order valence-electron chi connectivity index (χ2n) is 4.39. The molecule has 0 aliphatic rings. The number of hydrogen-bond acceptors (Lipinski definition) is 6. The summed E-state index contributed by atoms with van der Waals surface area (Å²) in [5.41, 5.74) is 7.89. The first-order chi connectivity index (χ1) is 9.69. The Balaban J connectivity index is 1.95. The molecule has 0 fully saturated rings. The molecule has 7 nitrogen and oxygen atoms in total. The monoisotopic (exact) mass is 268 g/mol. The number of imidazole rings is 1. The van der Waals surface area contributed by atoms with Gasteiger partial charge < -0.3 is 14.8 Å². The highest BCUT2D eigenvalue weighted by atomic mass is 16.5. The summed E-state index contributed by atoms with van der Waals surface area (Å²) < 4.78 is 6.91. The van der Waals surface area contributed by atoms with Crippen molar-refractivity contribution in [2.45, 2.75) is 19.9 Å². The van der Waals surface area contributed by atoms with Crippen LogP contribution < -0.4 is 5.73 Å². The average Bonchev–Trinajstić information content (AvgIpc) is 2.99. The van der Waals surface area contributed by atoms with E-state index in [4.69, 9.17) is 15.5 Å². The first-order valence-corrected chi connectivity index (χ1v) is 6.13. The van der Waals surface area contributed by atoms with Crippen LogP contribution in [0.2, 0.25) is 0 Å². The Bertz CT molecular complexity index is 810. The SMILES string of the molecule is Cc1noc(CCn2c(N)nc3c(C#N)cccc32)n1. The number of benzene rings is 1. The second kappa shape index (κ2) is 4.66. The fourth-order valence-electron chi connectivity index (χ4n) is 2.14. The first kappa shape index (κ1) is 12.2. The topological polar surface area (TPSA) is 107 Å². The highest BCUT2D eigenvalue weighted by Gasteiger charge is 2.12. The molecule has 2 aromatic heterocycles. The molecule has 0 aliphatic carbocycles. The highest BCUT2D eigenvalue weighted by molar-refractivity contribution is 5.83. The van der Waals surface area contributed by atoms with Crippen LogP contribution in [-0.2, 0) is 13.0 Å². The number of nitrogens with zero attached hydrogens (tertiary/aromatic N) is 5. The lowest BCUT2D eigenvalue weighted by Crippen LogP contribution is -2.05. The van der Waals surface area contributed by atoms with E-state index in [9.17, 15) is 0 Å². The summed E-state index contributed by atoms with van der Waals surface area (Å²) in [6.45, 7) is 2.34. The number of nitrogen functional groups attached to an aromatic ring is 1. The lowest BCUT2D eigenvalue weighted by molar-refractivity contribution is 0.369. The Kier molecular flexibility index (Phi) is 2.84. The second-order valence-corrected chi connectivity index (χ2v) is 4.39. The number of rotatable bonds is 3. The molecule has 2 heterocycles. The number of hydrogen-bond donors (Lipinski definition) is 1. The van der Waals surface area contributed by atoms with Crippen LogP contribution in [0.1, 0.15) is 17.3 Å². The predicted octanol–water partition coefficient (Wildman–Crippen LogP) is 1.42. The number of aryl methyl sites for hydroxylation is 3. The molecule has 0 saturated carbocycles. The number of para-hydroxylation sites is 1. The molecule has 0 unspecified atom stereocenters. The number of aromatic nitrogens is 4. The minimum Gasteiger partial charge on any atom is -0.369 e. The molecule has 3 rings (SSSR count). The van der Waals surface area contributed by atoms with Gasteiger partial charge in [-0.1, -0.05) is 11.2 Å². The quantitative estimate of drug-likeness (QED) is 0.769. The normalized spacial score (nSPS) is 10.8. The zero-order valence-corrected chi connectivity index (χ0v) is 10.9. The van der Waals surface area contributed by atoms with Gasteiger partial charge in [0.15, 0.2) is 5.82 Å². The zero-order valence-electron chi connectivity index (χ0n) is 10.9. The van der Waals surface area contributed by atoms with Gasteiger partial charge in [-0.3, -0.25) is 0 Å². The molecule has 0 spiro atoms. The Morgan fingerprint density at radius 3 is 2.95 bits per heavy atom. The molecule has 0 radical (unpaired) electrons. The molecule has 0 bridgehead atoms. The van der Waals surface area contributed by atoms with Crippen molar-refractivity contribution in [2.75, 3.05) is 5.73 Å². The van der Waals surface area contributed by atoms with Gasteiger partial charge in [-0.25, -0.2) is 4.98 Å². The van der Waals surface area contributed by atoms with E-state index in [1.807, 2.05) is 16.7 Å². The third-order valence-corrected chi connectivity index (χ3v) is 3.05. The van der Waals surface area contributed by atoms with Crippen LogP contribution in [0, 0.1) is 18.3 Å². The number of fused-ring (bicyclic) bond motifs is 1. The molecule has 0 atom stereocenters. The zero-order chi connectivity index (χ0) is 14.1. The highest BCUT2D eigenvalue weighted by Crippen LogP contribution is 2.21. The molecular formula is C13H12N6O. The van der Waals surface area contributed by atoms with Crippen molar-refractivity contribution in [3.63, 3.8) is 0 Å². The van der Waals surface area contributed by atoms with Crippen molar-refractivity contribution in [2.24, 2.45) is 0 Å². The summed E-state index contributed by atoms with van der Waals surface area (Å²) in [6, 6.07) is 7.54. The molecule has 100 valence electrons. The van der Waals surface area contributed by atoms with Crippen LogP contribution >= 0.6 is 0 Å². The van der Waals surface area contributed by atoms with Gasteiger partial charge in [0.2, 0.25) is 11.8 Å². The van der Waals surface area contributed by atoms with Crippen LogP contribution in [0.5, 0.6) is 0 Å². The van der Waals surface area contributed by atoms with Crippen LogP contribution in [-0.4, -0.2) is 19.7 Å². The Morgan fingerprint density at radius 1 is 1.40 bits per heavy atom. The van der Waals surface area contributed by atoms with Gasteiger partial charge in [-0.15, -0.1) is 0 Å². The van der Waals surface area contributed by atoms with E-state index in [2.05, 4.69) is 21.2 Å². The van der Waals surface area contributed by atoms with Crippen LogP contribution in [0.15, 0.2) is 22.7 Å². The summed E-state index contributed by atoms with van der Waals surface area (Å²) in [4.78, 5) is 8.40. The van der Waals surface area contributed by atoms with Crippen molar-refractivity contribution < 1.29 is 4.52 Å². The van der Waals surface area contributed by atoms with Crippen LogP contribution in [0.25, 0.3) is 11.0 Å².